The van der Waals surface area contributed by atoms with Gasteiger partial charge in [0.2, 0.25) is 5.91 Å². The van der Waals surface area contributed by atoms with Gasteiger partial charge < -0.3 is 14.6 Å². The van der Waals surface area contributed by atoms with E-state index in [-0.39, 0.29) is 29.7 Å². The number of nitrogens with zero attached hydrogens (tertiary/aromatic N) is 1. The molecule has 1 saturated carbocycles. The van der Waals surface area contributed by atoms with Crippen LogP contribution in [0.4, 0.5) is 0 Å². The molecule has 1 fully saturated rings. The summed E-state index contributed by atoms with van der Waals surface area (Å²) < 4.78 is 5.35. The fourth-order valence-corrected chi connectivity index (χ4v) is 3.12. The summed E-state index contributed by atoms with van der Waals surface area (Å²) in [7, 11) is 3.56. The van der Waals surface area contributed by atoms with Gasteiger partial charge in [0.05, 0.1) is 6.26 Å². The maximum atomic E-state index is 12.4. The number of hydrogen-bond donors (Lipinski definition) is 1. The van der Waals surface area contributed by atoms with Crippen LogP contribution in [0.3, 0.4) is 0 Å². The van der Waals surface area contributed by atoms with Crippen molar-refractivity contribution in [2.75, 3.05) is 14.1 Å². The SMILES string of the molecule is CC(C)c1ccoc1C(=O)N[C@@H]1CCC[C@H](C(=O)N(C)C)C1. The molecule has 1 aromatic rings. The molecule has 22 heavy (non-hydrogen) atoms. The highest BCUT2D eigenvalue weighted by molar-refractivity contribution is 5.93. The smallest absolute Gasteiger partial charge is 0.287 e. The van der Waals surface area contributed by atoms with Crippen LogP contribution in [0.25, 0.3) is 0 Å². The van der Waals surface area contributed by atoms with Crippen LogP contribution in [0.5, 0.6) is 0 Å². The van der Waals surface area contributed by atoms with Crippen molar-refractivity contribution in [2.24, 2.45) is 5.92 Å². The van der Waals surface area contributed by atoms with Gasteiger partial charge in [0.25, 0.3) is 5.91 Å². The monoisotopic (exact) mass is 306 g/mol. The quantitative estimate of drug-likeness (QED) is 0.930. The highest BCUT2D eigenvalue weighted by atomic mass is 16.3. The summed E-state index contributed by atoms with van der Waals surface area (Å²) in [4.78, 5) is 26.1. The topological polar surface area (TPSA) is 62.6 Å². The summed E-state index contributed by atoms with van der Waals surface area (Å²) in [5, 5.41) is 3.04. The molecule has 1 aliphatic rings. The van der Waals surface area contributed by atoms with E-state index in [9.17, 15) is 9.59 Å². The molecule has 0 aromatic carbocycles. The van der Waals surface area contributed by atoms with E-state index >= 15 is 0 Å². The average molecular weight is 306 g/mol. The number of carbonyl (C=O) groups excluding carboxylic acids is 2. The predicted octanol–water partition coefficient (Wildman–Crippen LogP) is 2.78. The molecule has 0 unspecified atom stereocenters. The van der Waals surface area contributed by atoms with Crippen molar-refractivity contribution in [1.29, 1.82) is 0 Å². The zero-order valence-corrected chi connectivity index (χ0v) is 13.9. The summed E-state index contributed by atoms with van der Waals surface area (Å²) in [6.45, 7) is 4.07. The Morgan fingerprint density at radius 2 is 2.05 bits per heavy atom. The van der Waals surface area contributed by atoms with Crippen molar-refractivity contribution >= 4 is 11.8 Å². The lowest BCUT2D eigenvalue weighted by molar-refractivity contribution is -0.134. The Hall–Kier alpha value is -1.78. The number of furan rings is 1. The van der Waals surface area contributed by atoms with Gasteiger partial charge >= 0.3 is 0 Å². The summed E-state index contributed by atoms with van der Waals surface area (Å²) in [5.74, 6) is 0.636. The third kappa shape index (κ3) is 3.70. The molecule has 1 aliphatic carbocycles. The van der Waals surface area contributed by atoms with Gasteiger partial charge in [-0.1, -0.05) is 20.3 Å². The van der Waals surface area contributed by atoms with Crippen molar-refractivity contribution in [3.05, 3.63) is 23.7 Å². The average Bonchev–Trinajstić information content (AvgIpc) is 2.96. The van der Waals surface area contributed by atoms with Crippen LogP contribution in [0.2, 0.25) is 0 Å². The molecule has 0 aliphatic heterocycles. The lowest BCUT2D eigenvalue weighted by Crippen LogP contribution is -2.42. The summed E-state index contributed by atoms with van der Waals surface area (Å²) in [6, 6.07) is 1.89. The van der Waals surface area contributed by atoms with Gasteiger partial charge in [-0.15, -0.1) is 0 Å². The first-order valence-electron chi connectivity index (χ1n) is 7.99. The number of amides is 2. The highest BCUT2D eigenvalue weighted by Crippen LogP contribution is 2.26. The maximum absolute atomic E-state index is 12.4. The molecular formula is C17H26N2O3. The molecule has 1 N–H and O–H groups in total. The minimum absolute atomic E-state index is 0.00946. The number of hydrogen-bond acceptors (Lipinski definition) is 3. The van der Waals surface area contributed by atoms with E-state index in [1.165, 1.54) is 0 Å². The first kappa shape index (κ1) is 16.6. The van der Waals surface area contributed by atoms with Crippen LogP contribution in [-0.4, -0.2) is 36.9 Å². The Morgan fingerprint density at radius 3 is 2.68 bits per heavy atom. The summed E-state index contributed by atoms with van der Waals surface area (Å²) in [5.41, 5.74) is 0.925. The molecule has 2 rings (SSSR count). The largest absolute Gasteiger partial charge is 0.459 e. The van der Waals surface area contributed by atoms with Crippen LogP contribution in [0.1, 0.15) is 61.6 Å². The van der Waals surface area contributed by atoms with Crippen molar-refractivity contribution in [3.8, 4) is 0 Å². The maximum Gasteiger partial charge on any atom is 0.287 e. The Balaban J connectivity index is 1.99. The van der Waals surface area contributed by atoms with Crippen molar-refractivity contribution < 1.29 is 14.0 Å². The standard InChI is InChI=1S/C17H26N2O3/c1-11(2)14-8-9-22-15(14)16(20)18-13-7-5-6-12(10-13)17(21)19(3)4/h8-9,11-13H,5-7,10H2,1-4H3,(H,18,20)/t12-,13+/m0/s1. The molecule has 1 heterocycles. The molecule has 122 valence electrons. The molecule has 2 amide bonds. The van der Waals surface area contributed by atoms with Crippen LogP contribution in [-0.2, 0) is 4.79 Å². The van der Waals surface area contributed by atoms with E-state index < -0.39 is 0 Å². The number of nitrogens with one attached hydrogen (secondary N) is 1. The van der Waals surface area contributed by atoms with Gasteiger partial charge in [-0.05, 0) is 31.2 Å². The zero-order chi connectivity index (χ0) is 16.3. The molecule has 5 nitrogen and oxygen atoms in total. The number of rotatable bonds is 4. The Kier molecular flexibility index (Phi) is 5.27. The lowest BCUT2D eigenvalue weighted by atomic mass is 9.84. The molecule has 1 aromatic heterocycles. The van der Waals surface area contributed by atoms with Crippen LogP contribution >= 0.6 is 0 Å². The second kappa shape index (κ2) is 6.99. The molecule has 5 heteroatoms. The van der Waals surface area contributed by atoms with E-state index in [0.29, 0.717) is 12.2 Å². The van der Waals surface area contributed by atoms with Crippen molar-refractivity contribution in [2.45, 2.75) is 51.5 Å². The van der Waals surface area contributed by atoms with Gasteiger partial charge in [-0.25, -0.2) is 0 Å². The van der Waals surface area contributed by atoms with E-state index in [1.807, 2.05) is 19.9 Å². The van der Waals surface area contributed by atoms with E-state index in [0.717, 1.165) is 24.8 Å². The predicted molar refractivity (Wildman–Crippen MR) is 84.7 cm³/mol. The Morgan fingerprint density at radius 1 is 1.32 bits per heavy atom. The fourth-order valence-electron chi connectivity index (χ4n) is 3.12. The first-order valence-corrected chi connectivity index (χ1v) is 7.99. The first-order chi connectivity index (χ1) is 10.4. The van der Waals surface area contributed by atoms with Gasteiger partial charge in [-0.2, -0.15) is 0 Å². The second-order valence-electron chi connectivity index (χ2n) is 6.63. The Labute approximate surface area is 132 Å². The molecule has 2 atom stereocenters. The van der Waals surface area contributed by atoms with Crippen molar-refractivity contribution in [3.63, 3.8) is 0 Å². The molecule has 0 spiro atoms. The third-order valence-electron chi connectivity index (χ3n) is 4.32. The molecule has 0 radical (unpaired) electrons. The molecule has 0 saturated heterocycles. The molecular weight excluding hydrogens is 280 g/mol. The van der Waals surface area contributed by atoms with E-state index in [2.05, 4.69) is 5.32 Å². The van der Waals surface area contributed by atoms with E-state index in [1.54, 1.807) is 25.3 Å². The molecule has 0 bridgehead atoms. The minimum atomic E-state index is -0.170. The zero-order valence-electron chi connectivity index (χ0n) is 13.9. The second-order valence-corrected chi connectivity index (χ2v) is 6.63. The third-order valence-corrected chi connectivity index (χ3v) is 4.32. The van der Waals surface area contributed by atoms with Gasteiger partial charge in [0.1, 0.15) is 0 Å². The minimum Gasteiger partial charge on any atom is -0.459 e. The van der Waals surface area contributed by atoms with Crippen LogP contribution in [0.15, 0.2) is 16.7 Å². The van der Waals surface area contributed by atoms with Gasteiger partial charge in [-0.3, -0.25) is 9.59 Å². The summed E-state index contributed by atoms with van der Waals surface area (Å²) in [6.07, 6.45) is 5.05. The fraction of sp³-hybridized carbons (Fsp3) is 0.647. The Bertz CT molecular complexity index is 534. The lowest BCUT2D eigenvalue weighted by Gasteiger charge is -2.30. The van der Waals surface area contributed by atoms with Crippen molar-refractivity contribution in [1.82, 2.24) is 10.2 Å². The highest BCUT2D eigenvalue weighted by Gasteiger charge is 2.30. The number of carbonyl (C=O) groups is 2. The summed E-state index contributed by atoms with van der Waals surface area (Å²) >= 11 is 0. The van der Waals surface area contributed by atoms with Gasteiger partial charge in [0.15, 0.2) is 5.76 Å². The van der Waals surface area contributed by atoms with Crippen LogP contribution < -0.4 is 5.32 Å². The van der Waals surface area contributed by atoms with E-state index in [4.69, 9.17) is 4.42 Å². The van der Waals surface area contributed by atoms with Gasteiger partial charge in [0, 0.05) is 31.6 Å². The normalized spacial score (nSPS) is 21.7. The van der Waals surface area contributed by atoms with Crippen LogP contribution in [0, 0.1) is 5.92 Å².